The van der Waals surface area contributed by atoms with Gasteiger partial charge in [-0.2, -0.15) is 0 Å². The first-order valence-electron chi connectivity index (χ1n) is 6.34. The molecule has 2 aromatic rings. The van der Waals surface area contributed by atoms with Crippen LogP contribution in [-0.4, -0.2) is 36.2 Å². The fraction of sp³-hybridized carbons (Fsp3) is 0.286. The van der Waals surface area contributed by atoms with Crippen molar-refractivity contribution in [2.45, 2.75) is 13.1 Å². The lowest BCUT2D eigenvalue weighted by atomic mass is 9.77. The minimum absolute atomic E-state index is 0.483. The van der Waals surface area contributed by atoms with Gasteiger partial charge < -0.3 is 19.2 Å². The predicted molar refractivity (Wildman–Crippen MR) is 76.7 cm³/mol. The maximum atomic E-state index is 9.42. The van der Waals surface area contributed by atoms with Crippen molar-refractivity contribution in [1.29, 1.82) is 0 Å². The summed E-state index contributed by atoms with van der Waals surface area (Å²) in [7, 11) is 2.03. The van der Waals surface area contributed by atoms with Crippen LogP contribution in [0, 0.1) is 0 Å². The van der Waals surface area contributed by atoms with Crippen molar-refractivity contribution in [3.63, 3.8) is 0 Å². The smallest absolute Gasteiger partial charge is 0.488 e. The van der Waals surface area contributed by atoms with Gasteiger partial charge >= 0.3 is 7.12 Å². The van der Waals surface area contributed by atoms with Crippen molar-refractivity contribution in [1.82, 2.24) is 4.90 Å². The second-order valence-electron chi connectivity index (χ2n) is 4.69. The number of benzene rings is 1. The molecule has 1 aromatic carbocycles. The number of ether oxygens (including phenoxy) is 1. The van der Waals surface area contributed by atoms with Crippen LogP contribution < -0.4 is 10.2 Å². The molecule has 1 aromatic heterocycles. The average Bonchev–Trinajstić information content (AvgIpc) is 2.90. The molecule has 0 saturated carbocycles. The van der Waals surface area contributed by atoms with Gasteiger partial charge in [0.15, 0.2) is 0 Å². The first kappa shape index (κ1) is 14.6. The standard InChI is InChI=1S/C14H18BNO4/c1-16(10-13-4-3-7-20-13)9-11-8-12(19-2)5-6-14(11)15(17)18/h3-8,17-18H,9-10H2,1-2H3. The molecule has 0 spiro atoms. The van der Waals surface area contributed by atoms with Crippen LogP contribution in [0.5, 0.6) is 5.75 Å². The Morgan fingerprint density at radius 2 is 2.05 bits per heavy atom. The molecule has 0 aliphatic carbocycles. The minimum Gasteiger partial charge on any atom is -0.497 e. The van der Waals surface area contributed by atoms with E-state index in [0.29, 0.717) is 24.3 Å². The second kappa shape index (κ2) is 6.61. The molecule has 2 rings (SSSR count). The highest BCUT2D eigenvalue weighted by molar-refractivity contribution is 6.59. The van der Waals surface area contributed by atoms with Crippen LogP contribution in [0.3, 0.4) is 0 Å². The van der Waals surface area contributed by atoms with Crippen LogP contribution >= 0.6 is 0 Å². The van der Waals surface area contributed by atoms with Crippen molar-refractivity contribution in [3.8, 4) is 5.75 Å². The normalized spacial score (nSPS) is 10.8. The van der Waals surface area contributed by atoms with Crippen molar-refractivity contribution in [3.05, 3.63) is 47.9 Å². The first-order chi connectivity index (χ1) is 9.60. The molecule has 20 heavy (non-hydrogen) atoms. The summed E-state index contributed by atoms with van der Waals surface area (Å²) in [5.74, 6) is 1.55. The molecule has 0 amide bonds. The fourth-order valence-corrected chi connectivity index (χ4v) is 2.11. The van der Waals surface area contributed by atoms with E-state index in [2.05, 4.69) is 0 Å². The van der Waals surface area contributed by atoms with E-state index in [1.807, 2.05) is 30.1 Å². The zero-order valence-corrected chi connectivity index (χ0v) is 11.6. The Hall–Kier alpha value is -1.76. The molecule has 0 saturated heterocycles. The number of hydrogen-bond acceptors (Lipinski definition) is 5. The van der Waals surface area contributed by atoms with Gasteiger partial charge in [-0.05, 0) is 42.3 Å². The molecule has 0 radical (unpaired) electrons. The summed E-state index contributed by atoms with van der Waals surface area (Å²) in [4.78, 5) is 2.03. The molecule has 5 nitrogen and oxygen atoms in total. The van der Waals surface area contributed by atoms with Crippen molar-refractivity contribution < 1.29 is 19.2 Å². The highest BCUT2D eigenvalue weighted by Crippen LogP contribution is 2.14. The third-order valence-corrected chi connectivity index (χ3v) is 3.07. The summed E-state index contributed by atoms with van der Waals surface area (Å²) >= 11 is 0. The van der Waals surface area contributed by atoms with Crippen molar-refractivity contribution in [2.24, 2.45) is 0 Å². The zero-order chi connectivity index (χ0) is 14.5. The van der Waals surface area contributed by atoms with Crippen LogP contribution in [0.25, 0.3) is 0 Å². The summed E-state index contributed by atoms with van der Waals surface area (Å²) in [5.41, 5.74) is 1.30. The number of nitrogens with zero attached hydrogens (tertiary/aromatic N) is 1. The quantitative estimate of drug-likeness (QED) is 0.756. The zero-order valence-electron chi connectivity index (χ0n) is 11.6. The lowest BCUT2D eigenvalue weighted by Crippen LogP contribution is -2.35. The summed E-state index contributed by atoms with van der Waals surface area (Å²) in [5, 5.41) is 18.8. The Kier molecular flexibility index (Phi) is 4.84. The van der Waals surface area contributed by atoms with Gasteiger partial charge in [0.2, 0.25) is 0 Å². The first-order valence-corrected chi connectivity index (χ1v) is 6.34. The van der Waals surface area contributed by atoms with Crippen molar-refractivity contribution >= 4 is 12.6 Å². The SMILES string of the molecule is COc1ccc(B(O)O)c(CN(C)Cc2ccco2)c1. The van der Waals surface area contributed by atoms with Gasteiger partial charge in [0.25, 0.3) is 0 Å². The molecule has 1 heterocycles. The lowest BCUT2D eigenvalue weighted by molar-refractivity contribution is 0.287. The van der Waals surface area contributed by atoms with E-state index in [4.69, 9.17) is 9.15 Å². The van der Waals surface area contributed by atoms with Crippen LogP contribution in [0.1, 0.15) is 11.3 Å². The maximum absolute atomic E-state index is 9.42. The Bertz CT molecular complexity index is 542. The van der Waals surface area contributed by atoms with E-state index >= 15 is 0 Å². The summed E-state index contributed by atoms with van der Waals surface area (Å²) in [6.07, 6.45) is 1.64. The third-order valence-electron chi connectivity index (χ3n) is 3.07. The van der Waals surface area contributed by atoms with E-state index in [9.17, 15) is 10.0 Å². The lowest BCUT2D eigenvalue weighted by Gasteiger charge is -2.18. The van der Waals surface area contributed by atoms with E-state index < -0.39 is 7.12 Å². The predicted octanol–water partition coefficient (Wildman–Crippen LogP) is 0.600. The molecule has 0 aliphatic rings. The van der Waals surface area contributed by atoms with E-state index in [0.717, 1.165) is 11.3 Å². The fourth-order valence-electron chi connectivity index (χ4n) is 2.11. The molecule has 0 fully saturated rings. The average molecular weight is 275 g/mol. The van der Waals surface area contributed by atoms with E-state index in [1.54, 1.807) is 25.5 Å². The third kappa shape index (κ3) is 3.63. The van der Waals surface area contributed by atoms with Crippen LogP contribution in [0.2, 0.25) is 0 Å². The Morgan fingerprint density at radius 3 is 2.65 bits per heavy atom. The molecular weight excluding hydrogens is 257 g/mol. The largest absolute Gasteiger partial charge is 0.497 e. The van der Waals surface area contributed by atoms with Crippen LogP contribution in [0.4, 0.5) is 0 Å². The number of hydrogen-bond donors (Lipinski definition) is 2. The van der Waals surface area contributed by atoms with Crippen LogP contribution in [0.15, 0.2) is 41.0 Å². The monoisotopic (exact) mass is 275 g/mol. The van der Waals surface area contributed by atoms with E-state index in [-0.39, 0.29) is 0 Å². The molecular formula is C14H18BNO4. The van der Waals surface area contributed by atoms with E-state index in [1.165, 1.54) is 0 Å². The van der Waals surface area contributed by atoms with Gasteiger partial charge in [0.05, 0.1) is 19.9 Å². The molecule has 2 N–H and O–H groups in total. The number of furan rings is 1. The second-order valence-corrected chi connectivity index (χ2v) is 4.69. The molecule has 106 valence electrons. The summed E-state index contributed by atoms with van der Waals surface area (Å²) in [6, 6.07) is 8.94. The highest BCUT2D eigenvalue weighted by Gasteiger charge is 2.17. The minimum atomic E-state index is -1.49. The van der Waals surface area contributed by atoms with Gasteiger partial charge in [-0.3, -0.25) is 4.90 Å². The topological polar surface area (TPSA) is 66.1 Å². The molecule has 0 aliphatic heterocycles. The Balaban J connectivity index is 2.13. The Labute approximate surface area is 118 Å². The molecule has 0 bridgehead atoms. The van der Waals surface area contributed by atoms with Gasteiger partial charge in [-0.25, -0.2) is 0 Å². The summed E-state index contributed by atoms with van der Waals surface area (Å²) < 4.78 is 10.5. The number of methoxy groups -OCH3 is 1. The van der Waals surface area contributed by atoms with Crippen molar-refractivity contribution in [2.75, 3.05) is 14.2 Å². The molecule has 0 atom stereocenters. The number of rotatable bonds is 6. The summed E-state index contributed by atoms with van der Waals surface area (Å²) in [6.45, 7) is 1.20. The van der Waals surface area contributed by atoms with Gasteiger partial charge in [-0.15, -0.1) is 0 Å². The highest BCUT2D eigenvalue weighted by atomic mass is 16.5. The Morgan fingerprint density at radius 1 is 1.25 bits per heavy atom. The maximum Gasteiger partial charge on any atom is 0.488 e. The van der Waals surface area contributed by atoms with Gasteiger partial charge in [0, 0.05) is 6.54 Å². The van der Waals surface area contributed by atoms with Gasteiger partial charge in [-0.1, -0.05) is 6.07 Å². The van der Waals surface area contributed by atoms with Gasteiger partial charge in [0.1, 0.15) is 11.5 Å². The molecule has 0 unspecified atom stereocenters. The molecule has 6 heteroatoms. The van der Waals surface area contributed by atoms with Crippen LogP contribution in [-0.2, 0) is 13.1 Å².